The van der Waals surface area contributed by atoms with E-state index in [1.165, 1.54) is 28.6 Å². The Hall–Kier alpha value is -1.35. The summed E-state index contributed by atoms with van der Waals surface area (Å²) in [5.74, 6) is -0.437. The van der Waals surface area contributed by atoms with Crippen LogP contribution in [0.15, 0.2) is 34.5 Å². The standard InChI is InChI=1S/C16H20FN3O2S2/c1-2-16-18-14(12-23-16)11-19-7-9-20(10-8-19)24(21,22)15-5-3-13(17)4-6-15/h3-6,12H,2,7-11H2,1H3. The second-order valence-electron chi connectivity index (χ2n) is 5.72. The lowest BCUT2D eigenvalue weighted by Gasteiger charge is -2.33. The van der Waals surface area contributed by atoms with Gasteiger partial charge in [0.1, 0.15) is 5.82 Å². The average Bonchev–Trinajstić information content (AvgIpc) is 3.03. The fourth-order valence-electron chi connectivity index (χ4n) is 2.70. The summed E-state index contributed by atoms with van der Waals surface area (Å²) >= 11 is 1.67. The van der Waals surface area contributed by atoms with Crippen molar-refractivity contribution < 1.29 is 12.8 Å². The van der Waals surface area contributed by atoms with Crippen LogP contribution in [0.25, 0.3) is 0 Å². The van der Waals surface area contributed by atoms with Crippen LogP contribution in [0.4, 0.5) is 4.39 Å². The maximum Gasteiger partial charge on any atom is 0.243 e. The lowest BCUT2D eigenvalue weighted by Crippen LogP contribution is -2.48. The molecule has 24 heavy (non-hydrogen) atoms. The lowest BCUT2D eigenvalue weighted by atomic mass is 10.3. The number of thiazole rings is 1. The third-order valence-corrected chi connectivity index (χ3v) is 7.02. The van der Waals surface area contributed by atoms with Crippen molar-refractivity contribution in [3.8, 4) is 0 Å². The van der Waals surface area contributed by atoms with Crippen LogP contribution in [0.3, 0.4) is 0 Å². The summed E-state index contributed by atoms with van der Waals surface area (Å²) in [6.07, 6.45) is 0.939. The van der Waals surface area contributed by atoms with Crippen molar-refractivity contribution in [2.45, 2.75) is 24.8 Å². The smallest absolute Gasteiger partial charge is 0.243 e. The number of halogens is 1. The van der Waals surface area contributed by atoms with Crippen molar-refractivity contribution in [3.05, 3.63) is 46.2 Å². The van der Waals surface area contributed by atoms with Gasteiger partial charge in [0.05, 0.1) is 15.6 Å². The SMILES string of the molecule is CCc1nc(CN2CCN(S(=O)(=O)c3ccc(F)cc3)CC2)cs1. The first-order chi connectivity index (χ1) is 11.5. The molecular formula is C16H20FN3O2S2. The number of piperazine rings is 1. The normalized spacial score (nSPS) is 17.2. The molecule has 0 spiro atoms. The number of aromatic nitrogens is 1. The Morgan fingerprint density at radius 3 is 2.42 bits per heavy atom. The number of sulfonamides is 1. The van der Waals surface area contributed by atoms with E-state index in [4.69, 9.17) is 0 Å². The highest BCUT2D eigenvalue weighted by atomic mass is 32.2. The maximum absolute atomic E-state index is 13.0. The molecule has 0 N–H and O–H groups in total. The predicted molar refractivity (Wildman–Crippen MR) is 91.9 cm³/mol. The van der Waals surface area contributed by atoms with Crippen molar-refractivity contribution in [1.82, 2.24) is 14.2 Å². The number of hydrogen-bond donors (Lipinski definition) is 0. The van der Waals surface area contributed by atoms with Crippen molar-refractivity contribution >= 4 is 21.4 Å². The molecule has 0 bridgehead atoms. The minimum Gasteiger partial charge on any atom is -0.295 e. The molecular weight excluding hydrogens is 349 g/mol. The molecule has 0 radical (unpaired) electrons. The monoisotopic (exact) mass is 369 g/mol. The Bertz CT molecular complexity index is 782. The van der Waals surface area contributed by atoms with E-state index in [2.05, 4.69) is 22.2 Å². The molecule has 0 atom stereocenters. The van der Waals surface area contributed by atoms with E-state index in [0.717, 1.165) is 23.7 Å². The van der Waals surface area contributed by atoms with E-state index in [1.807, 2.05) is 0 Å². The zero-order valence-corrected chi connectivity index (χ0v) is 15.1. The second-order valence-corrected chi connectivity index (χ2v) is 8.60. The van der Waals surface area contributed by atoms with Gasteiger partial charge in [-0.25, -0.2) is 17.8 Å². The quantitative estimate of drug-likeness (QED) is 0.812. The Balaban J connectivity index is 1.60. The van der Waals surface area contributed by atoms with Crippen molar-refractivity contribution in [3.63, 3.8) is 0 Å². The van der Waals surface area contributed by atoms with Crippen LogP contribution < -0.4 is 0 Å². The number of rotatable bonds is 5. The van der Waals surface area contributed by atoms with Crippen LogP contribution >= 0.6 is 11.3 Å². The van der Waals surface area contributed by atoms with Crippen molar-refractivity contribution in [2.24, 2.45) is 0 Å². The summed E-state index contributed by atoms with van der Waals surface area (Å²) in [7, 11) is -3.55. The van der Waals surface area contributed by atoms with Crippen LogP contribution in [0.5, 0.6) is 0 Å². The third kappa shape index (κ3) is 3.83. The Labute approximate surface area is 145 Å². The van der Waals surface area contributed by atoms with Gasteiger partial charge in [0.15, 0.2) is 0 Å². The van der Waals surface area contributed by atoms with Crippen molar-refractivity contribution in [2.75, 3.05) is 26.2 Å². The molecule has 0 saturated carbocycles. The molecule has 130 valence electrons. The fourth-order valence-corrected chi connectivity index (χ4v) is 4.85. The zero-order valence-electron chi connectivity index (χ0n) is 13.5. The molecule has 1 aliphatic rings. The molecule has 1 fully saturated rings. The molecule has 1 aromatic carbocycles. The predicted octanol–water partition coefficient (Wildman–Crippen LogP) is 2.35. The van der Waals surface area contributed by atoms with Gasteiger partial charge in [-0.15, -0.1) is 11.3 Å². The summed E-state index contributed by atoms with van der Waals surface area (Å²) in [5, 5.41) is 3.20. The van der Waals surface area contributed by atoms with Crippen LogP contribution in [-0.4, -0.2) is 48.8 Å². The first kappa shape index (κ1) is 17.5. The van der Waals surface area contributed by atoms with Crippen LogP contribution in [0.2, 0.25) is 0 Å². The van der Waals surface area contributed by atoms with Crippen LogP contribution in [0, 0.1) is 5.82 Å². The summed E-state index contributed by atoms with van der Waals surface area (Å²) in [6.45, 7) is 5.04. The molecule has 1 aromatic heterocycles. The second kappa shape index (κ2) is 7.26. The van der Waals surface area contributed by atoms with Crippen LogP contribution in [0.1, 0.15) is 17.6 Å². The van der Waals surface area contributed by atoms with Gasteiger partial charge in [0.25, 0.3) is 0 Å². The Morgan fingerprint density at radius 2 is 1.83 bits per heavy atom. The minimum absolute atomic E-state index is 0.143. The Morgan fingerprint density at radius 1 is 1.17 bits per heavy atom. The summed E-state index contributed by atoms with van der Waals surface area (Å²) in [5.41, 5.74) is 1.05. The van der Waals surface area contributed by atoms with E-state index in [0.29, 0.717) is 26.2 Å². The Kier molecular flexibility index (Phi) is 5.29. The molecule has 8 heteroatoms. The highest BCUT2D eigenvalue weighted by molar-refractivity contribution is 7.89. The lowest BCUT2D eigenvalue weighted by molar-refractivity contribution is 0.180. The molecule has 0 aliphatic carbocycles. The van der Waals surface area contributed by atoms with Gasteiger partial charge in [-0.3, -0.25) is 4.90 Å². The number of hydrogen-bond acceptors (Lipinski definition) is 5. The van der Waals surface area contributed by atoms with Gasteiger partial charge >= 0.3 is 0 Å². The average molecular weight is 369 g/mol. The zero-order chi connectivity index (χ0) is 17.2. The van der Waals surface area contributed by atoms with Crippen molar-refractivity contribution in [1.29, 1.82) is 0 Å². The topological polar surface area (TPSA) is 53.5 Å². The summed E-state index contributed by atoms with van der Waals surface area (Å²) in [6, 6.07) is 4.99. The van der Waals surface area contributed by atoms with Gasteiger partial charge in [-0.1, -0.05) is 6.92 Å². The van der Waals surface area contributed by atoms with Crippen LogP contribution in [-0.2, 0) is 23.0 Å². The molecule has 0 unspecified atom stereocenters. The fraction of sp³-hybridized carbons (Fsp3) is 0.438. The molecule has 3 rings (SSSR count). The molecule has 1 aliphatic heterocycles. The first-order valence-corrected chi connectivity index (χ1v) is 10.2. The van der Waals surface area contributed by atoms with Gasteiger partial charge in [-0.2, -0.15) is 4.31 Å². The molecule has 2 aromatic rings. The summed E-state index contributed by atoms with van der Waals surface area (Å²) in [4.78, 5) is 6.91. The number of aryl methyl sites for hydroxylation is 1. The largest absolute Gasteiger partial charge is 0.295 e. The van der Waals surface area contributed by atoms with E-state index in [-0.39, 0.29) is 4.90 Å². The molecule has 1 saturated heterocycles. The number of nitrogens with zero attached hydrogens (tertiary/aromatic N) is 3. The maximum atomic E-state index is 13.0. The van der Waals surface area contributed by atoms with E-state index in [1.54, 1.807) is 11.3 Å². The molecule has 5 nitrogen and oxygen atoms in total. The van der Waals surface area contributed by atoms with Gasteiger partial charge in [0.2, 0.25) is 10.0 Å². The van der Waals surface area contributed by atoms with Gasteiger partial charge in [0, 0.05) is 38.1 Å². The van der Waals surface area contributed by atoms with Gasteiger partial charge in [-0.05, 0) is 30.7 Å². The minimum atomic E-state index is -3.55. The van der Waals surface area contributed by atoms with E-state index in [9.17, 15) is 12.8 Å². The summed E-state index contributed by atoms with van der Waals surface area (Å²) < 4.78 is 39.6. The van der Waals surface area contributed by atoms with Gasteiger partial charge < -0.3 is 0 Å². The molecule has 0 amide bonds. The highest BCUT2D eigenvalue weighted by Gasteiger charge is 2.28. The number of benzene rings is 1. The first-order valence-electron chi connectivity index (χ1n) is 7.90. The van der Waals surface area contributed by atoms with E-state index < -0.39 is 15.8 Å². The third-order valence-electron chi connectivity index (χ3n) is 4.07. The molecule has 2 heterocycles. The van der Waals surface area contributed by atoms with E-state index >= 15 is 0 Å². The highest BCUT2D eigenvalue weighted by Crippen LogP contribution is 2.19.